The van der Waals surface area contributed by atoms with Crippen molar-refractivity contribution in [3.05, 3.63) is 53.1 Å². The van der Waals surface area contributed by atoms with E-state index in [0.717, 1.165) is 16.8 Å². The van der Waals surface area contributed by atoms with Crippen LogP contribution in [0.25, 0.3) is 0 Å². The Bertz CT molecular complexity index is 951. The van der Waals surface area contributed by atoms with Crippen molar-refractivity contribution in [3.63, 3.8) is 0 Å². The summed E-state index contributed by atoms with van der Waals surface area (Å²) >= 11 is 23.5. The Morgan fingerprint density at radius 2 is 1.71 bits per heavy atom. The maximum Gasteiger partial charge on any atom is 0.228 e. The van der Waals surface area contributed by atoms with Gasteiger partial charge in [-0.25, -0.2) is 0 Å². The monoisotopic (exact) mass is 503 g/mol. The third-order valence-electron chi connectivity index (χ3n) is 4.35. The Morgan fingerprint density at radius 1 is 1.03 bits per heavy atom. The van der Waals surface area contributed by atoms with Gasteiger partial charge in [0.15, 0.2) is 16.6 Å². The van der Waals surface area contributed by atoms with E-state index in [1.165, 1.54) is 14.2 Å². The third-order valence-corrected chi connectivity index (χ3v) is 5.23. The average Bonchev–Trinajstić information content (AvgIpc) is 2.68. The lowest BCUT2D eigenvalue weighted by atomic mass is 10.1. The first-order valence-electron chi connectivity index (χ1n) is 9.25. The van der Waals surface area contributed by atoms with Crippen LogP contribution in [0.2, 0.25) is 0 Å². The SMILES string of the molecule is COc1ccc(CC(=O)N[C@H](NC(=S)Nc2ccc(C)cc2C)C(Cl)(Cl)Cl)cc1OC. The van der Waals surface area contributed by atoms with Crippen LogP contribution >= 0.6 is 47.0 Å². The number of amides is 1. The van der Waals surface area contributed by atoms with Gasteiger partial charge in [0.2, 0.25) is 9.70 Å². The van der Waals surface area contributed by atoms with Crippen LogP contribution in [0.5, 0.6) is 11.5 Å². The lowest BCUT2D eigenvalue weighted by molar-refractivity contribution is -0.121. The van der Waals surface area contributed by atoms with Gasteiger partial charge in [0.25, 0.3) is 0 Å². The zero-order valence-electron chi connectivity index (χ0n) is 17.5. The maximum atomic E-state index is 12.6. The molecule has 2 aromatic rings. The molecular weight excluding hydrogens is 481 g/mol. The highest BCUT2D eigenvalue weighted by atomic mass is 35.6. The highest BCUT2D eigenvalue weighted by Crippen LogP contribution is 2.30. The number of aryl methyl sites for hydroxylation is 2. The van der Waals surface area contributed by atoms with Gasteiger partial charge in [-0.2, -0.15) is 0 Å². The van der Waals surface area contributed by atoms with Crippen LogP contribution in [-0.2, 0) is 11.2 Å². The summed E-state index contributed by atoms with van der Waals surface area (Å²) in [7, 11) is 3.06. The third kappa shape index (κ3) is 7.61. The van der Waals surface area contributed by atoms with E-state index in [1.54, 1.807) is 18.2 Å². The van der Waals surface area contributed by atoms with E-state index in [1.807, 2.05) is 32.0 Å². The van der Waals surface area contributed by atoms with E-state index in [9.17, 15) is 4.79 Å². The summed E-state index contributed by atoms with van der Waals surface area (Å²) in [5.74, 6) is 0.711. The van der Waals surface area contributed by atoms with Crippen molar-refractivity contribution in [2.75, 3.05) is 19.5 Å². The smallest absolute Gasteiger partial charge is 0.228 e. The fourth-order valence-electron chi connectivity index (χ4n) is 2.83. The molecule has 0 saturated heterocycles. The number of methoxy groups -OCH3 is 2. The largest absolute Gasteiger partial charge is 0.493 e. The van der Waals surface area contributed by atoms with E-state index in [2.05, 4.69) is 16.0 Å². The first kappa shape index (κ1) is 25.3. The summed E-state index contributed by atoms with van der Waals surface area (Å²) in [6.45, 7) is 3.95. The number of nitrogens with one attached hydrogen (secondary N) is 3. The minimum absolute atomic E-state index is 0.0382. The Morgan fingerprint density at radius 3 is 2.29 bits per heavy atom. The highest BCUT2D eigenvalue weighted by molar-refractivity contribution is 7.80. The fraction of sp³-hybridized carbons (Fsp3) is 0.333. The summed E-state index contributed by atoms with van der Waals surface area (Å²) in [6, 6.07) is 11.1. The molecule has 0 aliphatic rings. The molecule has 31 heavy (non-hydrogen) atoms. The zero-order valence-corrected chi connectivity index (χ0v) is 20.6. The van der Waals surface area contributed by atoms with Gasteiger partial charge in [-0.3, -0.25) is 4.79 Å². The van der Waals surface area contributed by atoms with Gasteiger partial charge >= 0.3 is 0 Å². The van der Waals surface area contributed by atoms with Crippen LogP contribution in [0.3, 0.4) is 0 Å². The molecule has 0 spiro atoms. The molecule has 168 valence electrons. The van der Waals surface area contributed by atoms with Gasteiger partial charge in [0.1, 0.15) is 6.17 Å². The van der Waals surface area contributed by atoms with Crippen LogP contribution in [0.4, 0.5) is 5.69 Å². The molecule has 1 atom stereocenters. The Hall–Kier alpha value is -1.93. The standard InChI is InChI=1S/C21H24Cl3N3O3S/c1-12-5-7-15(13(2)9-12)25-20(31)27-19(21(22,23)24)26-18(28)11-14-6-8-16(29-3)17(10-14)30-4/h5-10,19H,11H2,1-4H3,(H,26,28)(H2,25,27,31)/t19-/m1/s1. The topological polar surface area (TPSA) is 71.6 Å². The van der Waals surface area contributed by atoms with Gasteiger partial charge in [-0.05, 0) is 55.4 Å². The second kappa shape index (κ2) is 11.1. The summed E-state index contributed by atoms with van der Waals surface area (Å²) < 4.78 is 8.62. The van der Waals surface area contributed by atoms with Crippen molar-refractivity contribution in [3.8, 4) is 11.5 Å². The molecule has 2 aromatic carbocycles. The van der Waals surface area contributed by atoms with E-state index in [0.29, 0.717) is 17.1 Å². The van der Waals surface area contributed by atoms with E-state index < -0.39 is 9.96 Å². The van der Waals surface area contributed by atoms with Gasteiger partial charge in [0, 0.05) is 5.69 Å². The molecular formula is C21H24Cl3N3O3S. The van der Waals surface area contributed by atoms with Crippen molar-refractivity contribution in [2.45, 2.75) is 30.2 Å². The van der Waals surface area contributed by atoms with Crippen LogP contribution < -0.4 is 25.4 Å². The molecule has 1 amide bonds. The minimum Gasteiger partial charge on any atom is -0.493 e. The van der Waals surface area contributed by atoms with Gasteiger partial charge in [-0.1, -0.05) is 58.6 Å². The molecule has 0 aliphatic carbocycles. The average molecular weight is 505 g/mol. The number of alkyl halides is 3. The summed E-state index contributed by atoms with van der Waals surface area (Å²) in [6.07, 6.45) is -1.02. The lowest BCUT2D eigenvalue weighted by Crippen LogP contribution is -2.56. The quantitative estimate of drug-likeness (QED) is 0.289. The first-order chi connectivity index (χ1) is 14.5. The number of rotatable bonds is 7. The number of hydrogen-bond donors (Lipinski definition) is 3. The van der Waals surface area contributed by atoms with Crippen molar-refractivity contribution in [1.82, 2.24) is 10.6 Å². The predicted molar refractivity (Wildman–Crippen MR) is 131 cm³/mol. The molecule has 0 fully saturated rings. The van der Waals surface area contributed by atoms with E-state index in [-0.39, 0.29) is 17.4 Å². The number of ether oxygens (including phenoxy) is 2. The van der Waals surface area contributed by atoms with Crippen LogP contribution in [-0.4, -0.2) is 35.2 Å². The molecule has 6 nitrogen and oxygen atoms in total. The number of carbonyl (C=O) groups excluding carboxylic acids is 1. The second-order valence-corrected chi connectivity index (χ2v) is 9.60. The minimum atomic E-state index is -1.85. The molecule has 0 heterocycles. The Balaban J connectivity index is 2.05. The van der Waals surface area contributed by atoms with Crippen LogP contribution in [0.1, 0.15) is 16.7 Å². The van der Waals surface area contributed by atoms with Gasteiger partial charge in [0.05, 0.1) is 20.6 Å². The van der Waals surface area contributed by atoms with Crippen molar-refractivity contribution >= 4 is 63.7 Å². The maximum absolute atomic E-state index is 12.6. The first-order valence-corrected chi connectivity index (χ1v) is 10.8. The molecule has 0 bridgehead atoms. The summed E-state index contributed by atoms with van der Waals surface area (Å²) in [5.41, 5.74) is 3.65. The number of carbonyl (C=O) groups is 1. The molecule has 2 rings (SSSR count). The zero-order chi connectivity index (χ0) is 23.2. The van der Waals surface area contributed by atoms with Gasteiger partial charge < -0.3 is 25.4 Å². The predicted octanol–water partition coefficient (Wildman–Crippen LogP) is 4.66. The lowest BCUT2D eigenvalue weighted by Gasteiger charge is -2.28. The highest BCUT2D eigenvalue weighted by Gasteiger charge is 2.34. The van der Waals surface area contributed by atoms with Crippen molar-refractivity contribution < 1.29 is 14.3 Å². The van der Waals surface area contributed by atoms with E-state index >= 15 is 0 Å². The van der Waals surface area contributed by atoms with Gasteiger partial charge in [-0.15, -0.1) is 0 Å². The molecule has 10 heteroatoms. The summed E-state index contributed by atoms with van der Waals surface area (Å²) in [5, 5.41) is 8.78. The molecule has 0 unspecified atom stereocenters. The molecule has 0 aromatic heterocycles. The number of halogens is 3. The Kier molecular flexibility index (Phi) is 9.06. The number of hydrogen-bond acceptors (Lipinski definition) is 4. The molecule has 0 radical (unpaired) electrons. The number of thiocarbonyl (C=S) groups is 1. The number of anilines is 1. The van der Waals surface area contributed by atoms with Crippen LogP contribution in [0, 0.1) is 13.8 Å². The molecule has 0 aliphatic heterocycles. The number of benzene rings is 2. The second-order valence-electron chi connectivity index (χ2n) is 6.83. The van der Waals surface area contributed by atoms with Crippen molar-refractivity contribution in [1.29, 1.82) is 0 Å². The summed E-state index contributed by atoms with van der Waals surface area (Å²) in [4.78, 5) is 12.6. The molecule has 3 N–H and O–H groups in total. The van der Waals surface area contributed by atoms with Crippen molar-refractivity contribution in [2.24, 2.45) is 0 Å². The van der Waals surface area contributed by atoms with Crippen LogP contribution in [0.15, 0.2) is 36.4 Å². The van der Waals surface area contributed by atoms with E-state index in [4.69, 9.17) is 56.5 Å². The Labute approximate surface area is 202 Å². The normalized spacial score (nSPS) is 12.0. The fourth-order valence-corrected chi connectivity index (χ4v) is 3.39. The molecule has 0 saturated carbocycles.